The topological polar surface area (TPSA) is 12.0 Å². The average Bonchev–Trinajstić information content (AvgIpc) is 2.04. The van der Waals surface area contributed by atoms with E-state index in [-0.39, 0.29) is 11.9 Å². The van der Waals surface area contributed by atoms with Gasteiger partial charge in [-0.2, -0.15) is 0 Å². The van der Waals surface area contributed by atoms with Crippen molar-refractivity contribution < 1.29 is 4.39 Å². The van der Waals surface area contributed by atoms with Crippen molar-refractivity contribution >= 4 is 11.8 Å². The summed E-state index contributed by atoms with van der Waals surface area (Å²) < 4.78 is 12.9. The molecule has 0 aliphatic rings. The number of halogens is 2. The molecule has 0 aromatic heterocycles. The second-order valence-electron chi connectivity index (χ2n) is 2.35. The Kier molecular flexibility index (Phi) is 2.85. The van der Waals surface area contributed by atoms with Gasteiger partial charge in [0.2, 0.25) is 0 Å². The van der Waals surface area contributed by atoms with E-state index in [1.165, 1.54) is 6.07 Å². The summed E-state index contributed by atoms with van der Waals surface area (Å²) in [4.78, 5) is 2.45. The number of hydrogen-bond acceptors (Lipinski definition) is 1. The van der Waals surface area contributed by atoms with Gasteiger partial charge in [0.05, 0.1) is 0 Å². The molecule has 1 rings (SSSR count). The fraction of sp³-hybridized carbons (Fsp3) is 0.250. The molecule has 0 heterocycles. The first-order valence-electron chi connectivity index (χ1n) is 3.36. The van der Waals surface area contributed by atoms with Gasteiger partial charge in [0.25, 0.3) is 0 Å². The maximum Gasteiger partial charge on any atom is 0.128 e. The minimum Gasteiger partial charge on any atom is -0.226 e. The molecule has 0 unspecified atom stereocenters. The van der Waals surface area contributed by atoms with Crippen molar-refractivity contribution in [1.29, 1.82) is 0 Å². The number of benzene rings is 1. The summed E-state index contributed by atoms with van der Waals surface area (Å²) in [6, 6.07) is 6.40. The molecule has 0 spiro atoms. The van der Waals surface area contributed by atoms with E-state index in [0.717, 1.165) is 0 Å². The molecule has 0 aliphatic carbocycles. The maximum atomic E-state index is 12.9. The molecule has 0 saturated carbocycles. The van der Waals surface area contributed by atoms with Gasteiger partial charge in [-0.05, 0) is 24.8 Å². The molecule has 0 amide bonds. The van der Waals surface area contributed by atoms with Gasteiger partial charge in [0.1, 0.15) is 5.82 Å². The van der Waals surface area contributed by atoms with E-state index in [9.17, 15) is 4.39 Å². The van der Waals surface area contributed by atoms with Gasteiger partial charge in [-0.3, -0.25) is 0 Å². The van der Waals surface area contributed by atoms with Crippen LogP contribution in [0, 0.1) is 5.82 Å². The van der Waals surface area contributed by atoms with Crippen LogP contribution in [-0.2, 0) is 0 Å². The number of rotatable bonds is 2. The number of nitrogens with one attached hydrogen (secondary N) is 1. The van der Waals surface area contributed by atoms with Crippen LogP contribution in [0.5, 0.6) is 0 Å². The quantitative estimate of drug-likeness (QED) is 0.678. The van der Waals surface area contributed by atoms with Gasteiger partial charge in [0, 0.05) is 11.6 Å². The van der Waals surface area contributed by atoms with E-state index in [2.05, 4.69) is 4.84 Å². The van der Waals surface area contributed by atoms with Crippen LogP contribution in [0.15, 0.2) is 24.3 Å². The molecule has 3 heteroatoms. The number of hydrogen-bond donors (Lipinski definition) is 1. The molecular weight excluding hydrogens is 165 g/mol. The Labute approximate surface area is 70.3 Å². The van der Waals surface area contributed by atoms with Crippen LogP contribution in [0.1, 0.15) is 18.5 Å². The highest BCUT2D eigenvalue weighted by Gasteiger charge is 2.07. The zero-order valence-corrected chi connectivity index (χ0v) is 6.90. The van der Waals surface area contributed by atoms with E-state index in [0.29, 0.717) is 5.56 Å². The SMILES string of the molecule is C[C@@H](NCl)c1ccccc1F. The summed E-state index contributed by atoms with van der Waals surface area (Å²) in [5.41, 5.74) is 0.586. The fourth-order valence-electron chi connectivity index (χ4n) is 0.885. The molecule has 11 heavy (non-hydrogen) atoms. The lowest BCUT2D eigenvalue weighted by Gasteiger charge is -2.08. The molecule has 60 valence electrons. The van der Waals surface area contributed by atoms with Crippen LogP contribution in [0.2, 0.25) is 0 Å². The summed E-state index contributed by atoms with van der Waals surface area (Å²) in [5.74, 6) is -0.229. The average molecular weight is 174 g/mol. The van der Waals surface area contributed by atoms with Gasteiger partial charge in [-0.15, -0.1) is 0 Å². The molecule has 0 radical (unpaired) electrons. The van der Waals surface area contributed by atoms with Crippen LogP contribution in [-0.4, -0.2) is 0 Å². The van der Waals surface area contributed by atoms with Crippen LogP contribution in [0.4, 0.5) is 4.39 Å². The Hall–Kier alpha value is -0.600. The minimum atomic E-state index is -0.229. The minimum absolute atomic E-state index is 0.155. The van der Waals surface area contributed by atoms with E-state index < -0.39 is 0 Å². The smallest absolute Gasteiger partial charge is 0.128 e. The summed E-state index contributed by atoms with van der Waals surface area (Å²) in [6.45, 7) is 1.80. The third-order valence-electron chi connectivity index (χ3n) is 1.54. The first-order valence-corrected chi connectivity index (χ1v) is 3.74. The third kappa shape index (κ3) is 1.91. The van der Waals surface area contributed by atoms with Gasteiger partial charge >= 0.3 is 0 Å². The first kappa shape index (κ1) is 8.50. The largest absolute Gasteiger partial charge is 0.226 e. The first-order chi connectivity index (χ1) is 5.25. The van der Waals surface area contributed by atoms with Crippen molar-refractivity contribution in [3.05, 3.63) is 35.6 Å². The van der Waals surface area contributed by atoms with E-state index in [1.54, 1.807) is 25.1 Å². The molecule has 0 fully saturated rings. The maximum absolute atomic E-state index is 12.9. The highest BCUT2D eigenvalue weighted by molar-refractivity contribution is 6.13. The molecule has 1 aromatic carbocycles. The van der Waals surface area contributed by atoms with Crippen LogP contribution >= 0.6 is 11.8 Å². The van der Waals surface area contributed by atoms with Gasteiger partial charge in [-0.25, -0.2) is 9.23 Å². The Morgan fingerprint density at radius 3 is 2.64 bits per heavy atom. The standard InChI is InChI=1S/C8H9ClFN/c1-6(11-9)7-4-2-3-5-8(7)10/h2-6,11H,1H3/t6-/m1/s1. The predicted octanol–water partition coefficient (Wildman–Crippen LogP) is 2.63. The lowest BCUT2D eigenvalue weighted by Crippen LogP contribution is -2.08. The summed E-state index contributed by atoms with van der Waals surface area (Å²) in [5, 5.41) is 0. The molecule has 1 nitrogen and oxygen atoms in total. The van der Waals surface area contributed by atoms with Crippen molar-refractivity contribution in [3.63, 3.8) is 0 Å². The highest BCUT2D eigenvalue weighted by Crippen LogP contribution is 2.15. The van der Waals surface area contributed by atoms with Crippen molar-refractivity contribution in [2.45, 2.75) is 13.0 Å². The zero-order valence-electron chi connectivity index (χ0n) is 6.14. The van der Waals surface area contributed by atoms with Crippen LogP contribution in [0.3, 0.4) is 0 Å². The molecule has 1 aromatic rings. The van der Waals surface area contributed by atoms with Crippen LogP contribution in [0.25, 0.3) is 0 Å². The molecule has 1 atom stereocenters. The fourth-order valence-corrected chi connectivity index (χ4v) is 1.00. The van der Waals surface area contributed by atoms with Gasteiger partial charge in [-0.1, -0.05) is 18.2 Å². The van der Waals surface area contributed by atoms with E-state index in [1.807, 2.05) is 0 Å². The van der Waals surface area contributed by atoms with Crippen molar-refractivity contribution in [2.75, 3.05) is 0 Å². The lowest BCUT2D eigenvalue weighted by atomic mass is 10.1. The molecule has 1 N–H and O–H groups in total. The molecule has 0 bridgehead atoms. The molecular formula is C8H9ClFN. The summed E-state index contributed by atoms with van der Waals surface area (Å²) in [7, 11) is 0. The Morgan fingerprint density at radius 1 is 1.45 bits per heavy atom. The van der Waals surface area contributed by atoms with E-state index >= 15 is 0 Å². The molecule has 0 aliphatic heterocycles. The normalized spacial score (nSPS) is 13.0. The van der Waals surface area contributed by atoms with Gasteiger partial charge < -0.3 is 0 Å². The second-order valence-corrected chi connectivity index (χ2v) is 2.57. The third-order valence-corrected chi connectivity index (χ3v) is 1.86. The van der Waals surface area contributed by atoms with Crippen molar-refractivity contribution in [2.24, 2.45) is 0 Å². The van der Waals surface area contributed by atoms with Crippen molar-refractivity contribution in [1.82, 2.24) is 4.84 Å². The Morgan fingerprint density at radius 2 is 2.09 bits per heavy atom. The summed E-state index contributed by atoms with van der Waals surface area (Å²) in [6.07, 6.45) is 0. The summed E-state index contributed by atoms with van der Waals surface area (Å²) >= 11 is 5.34. The van der Waals surface area contributed by atoms with Crippen molar-refractivity contribution in [3.8, 4) is 0 Å². The van der Waals surface area contributed by atoms with Crippen LogP contribution < -0.4 is 4.84 Å². The lowest BCUT2D eigenvalue weighted by molar-refractivity contribution is 0.584. The second kappa shape index (κ2) is 3.69. The monoisotopic (exact) mass is 173 g/mol. The molecule has 0 saturated heterocycles. The Balaban J connectivity index is 2.93. The Bertz CT molecular complexity index is 239. The predicted molar refractivity (Wildman–Crippen MR) is 43.8 cm³/mol. The van der Waals surface area contributed by atoms with E-state index in [4.69, 9.17) is 11.8 Å². The zero-order chi connectivity index (χ0) is 8.27. The highest BCUT2D eigenvalue weighted by atomic mass is 35.5. The van der Waals surface area contributed by atoms with Gasteiger partial charge in [0.15, 0.2) is 0 Å².